The fourth-order valence-electron chi connectivity index (χ4n) is 2.91. The summed E-state index contributed by atoms with van der Waals surface area (Å²) in [6.07, 6.45) is 1.46. The van der Waals surface area contributed by atoms with Crippen molar-refractivity contribution in [1.82, 2.24) is 5.32 Å². The molecule has 1 heterocycles. The van der Waals surface area contributed by atoms with E-state index < -0.39 is 5.54 Å². The Morgan fingerprint density at radius 3 is 2.38 bits per heavy atom. The highest BCUT2D eigenvalue weighted by Gasteiger charge is 2.48. The lowest BCUT2D eigenvalue weighted by Crippen LogP contribution is -2.62. The summed E-state index contributed by atoms with van der Waals surface area (Å²) in [5.41, 5.74) is -0.161. The molecule has 0 saturated carbocycles. The maximum Gasteiger partial charge on any atom is 0.332 e. The number of methoxy groups -OCH3 is 1. The van der Waals surface area contributed by atoms with Crippen LogP contribution < -0.4 is 10.2 Å². The number of esters is 1. The van der Waals surface area contributed by atoms with Crippen LogP contribution in [0.4, 0.5) is 5.69 Å². The largest absolute Gasteiger partial charge is 0.467 e. The van der Waals surface area contributed by atoms with Crippen LogP contribution in [-0.4, -0.2) is 37.6 Å². The molecule has 0 bridgehead atoms. The zero-order chi connectivity index (χ0) is 15.3. The van der Waals surface area contributed by atoms with Crippen LogP contribution in [0.1, 0.15) is 26.2 Å². The molecular weight excluding hydrogens is 274 g/mol. The molecule has 5 nitrogen and oxygen atoms in total. The molecule has 114 valence electrons. The third kappa shape index (κ3) is 2.93. The molecule has 1 N–H and O–H groups in total. The maximum atomic E-state index is 12.5. The van der Waals surface area contributed by atoms with E-state index in [9.17, 15) is 9.59 Å². The number of amides is 1. The fourth-order valence-corrected chi connectivity index (χ4v) is 2.91. The average molecular weight is 296 g/mol. The lowest BCUT2D eigenvalue weighted by Gasteiger charge is -2.44. The number of carbonyl (C=O) groups excluding carboxylic acids is 2. The van der Waals surface area contributed by atoms with Gasteiger partial charge in [-0.2, -0.15) is 0 Å². The van der Waals surface area contributed by atoms with Crippen LogP contribution in [0.25, 0.3) is 0 Å². The minimum Gasteiger partial charge on any atom is -0.467 e. The van der Waals surface area contributed by atoms with Crippen molar-refractivity contribution < 1.29 is 14.3 Å². The Kier molecular flexibility index (Phi) is 4.96. The first kappa shape index (κ1) is 15.5. The summed E-state index contributed by atoms with van der Waals surface area (Å²) in [7, 11) is 1.38. The molecule has 0 atom stereocenters. The van der Waals surface area contributed by atoms with Gasteiger partial charge >= 0.3 is 5.97 Å². The van der Waals surface area contributed by atoms with Crippen LogP contribution in [0.2, 0.25) is 0 Å². The highest BCUT2D eigenvalue weighted by molar-refractivity contribution is 6.02. The second kappa shape index (κ2) is 6.72. The number of ether oxygens (including phenoxy) is 1. The van der Waals surface area contributed by atoms with Crippen LogP contribution >= 0.6 is 0 Å². The highest BCUT2D eigenvalue weighted by atomic mass is 16.5. The monoisotopic (exact) mass is 296 g/mol. The molecule has 1 aliphatic rings. The number of piperidine rings is 1. The van der Waals surface area contributed by atoms with Crippen LogP contribution in [0.15, 0.2) is 30.3 Å². The molecule has 1 amide bonds. The Balaban J connectivity index is 2.50. The van der Waals surface area contributed by atoms with E-state index in [0.717, 1.165) is 5.69 Å². The van der Waals surface area contributed by atoms with E-state index in [1.807, 2.05) is 37.3 Å². The summed E-state index contributed by atoms with van der Waals surface area (Å²) in [5.74, 6) is -0.400. The molecule has 1 aromatic rings. The highest BCUT2D eigenvalue weighted by Crippen LogP contribution is 2.33. The first-order chi connectivity index (χ1) is 10.2. The van der Waals surface area contributed by atoms with Crippen molar-refractivity contribution in [3.8, 4) is 0 Å². The van der Waals surface area contributed by atoms with Crippen molar-refractivity contribution in [2.24, 2.45) is 0 Å². The summed E-state index contributed by atoms with van der Waals surface area (Å²) in [5, 5.41) is 3.24. The topological polar surface area (TPSA) is 58.6 Å². The van der Waals surface area contributed by atoms with E-state index >= 15 is 0 Å². The smallest absolute Gasteiger partial charge is 0.332 e. The number of nitrogens with one attached hydrogen (secondary N) is 1. The van der Waals surface area contributed by atoms with E-state index in [1.54, 1.807) is 4.90 Å². The first-order valence-electron chi connectivity index (χ1n) is 7.33. The average Bonchev–Trinajstić information content (AvgIpc) is 2.55. The normalized spacial score (nSPS) is 17.0. The number of hydrogen-bond acceptors (Lipinski definition) is 4. The van der Waals surface area contributed by atoms with Gasteiger partial charge in [-0.15, -0.1) is 0 Å². The van der Waals surface area contributed by atoms with Gasteiger partial charge in [0.25, 0.3) is 0 Å². The molecule has 0 unspecified atom stereocenters. The Morgan fingerprint density at radius 1 is 1.24 bits per heavy atom. The second-order valence-corrected chi connectivity index (χ2v) is 5.19. The predicted molar refractivity (Wildman–Crippen MR) is 81.1 cm³/mol. The van der Waals surface area contributed by atoms with Gasteiger partial charge in [-0.05, 0) is 38.1 Å². The number of hydrogen-bond donors (Lipinski definition) is 1. The number of nitrogens with zero attached hydrogens (tertiary/aromatic N) is 1. The number of benzene rings is 1. The van der Waals surface area contributed by atoms with Gasteiger partial charge in [0.2, 0.25) is 5.91 Å². The van der Waals surface area contributed by atoms with Gasteiger partial charge in [0.15, 0.2) is 0 Å². The number of anilines is 1. The minimum absolute atomic E-state index is 0.0616. The van der Waals surface area contributed by atoms with Crippen molar-refractivity contribution in [1.29, 1.82) is 0 Å². The summed E-state index contributed by atoms with van der Waals surface area (Å²) < 4.78 is 5.03. The molecular formula is C16H22N2O3. The minimum atomic E-state index is -0.908. The van der Waals surface area contributed by atoms with Crippen molar-refractivity contribution in [2.45, 2.75) is 31.7 Å². The molecule has 0 spiro atoms. The summed E-state index contributed by atoms with van der Waals surface area (Å²) >= 11 is 0. The Hall–Kier alpha value is -1.88. The molecule has 2 rings (SSSR count). The standard InChI is InChI=1S/C16H22N2O3/c1-3-14(19)18(13-7-5-4-6-8-13)16(15(20)21-2)9-11-17-12-10-16/h4-8,17H,3,9-12H2,1-2H3/i4+1,5+1,6+1,7+1,8+1,13+1. The quantitative estimate of drug-likeness (QED) is 0.860. The molecule has 0 aromatic heterocycles. The molecule has 5 heteroatoms. The van der Waals surface area contributed by atoms with Gasteiger partial charge in [-0.3, -0.25) is 9.69 Å². The maximum absolute atomic E-state index is 12.5. The van der Waals surface area contributed by atoms with Gasteiger partial charge < -0.3 is 10.1 Å². The second-order valence-electron chi connectivity index (χ2n) is 5.19. The van der Waals surface area contributed by atoms with E-state index in [1.165, 1.54) is 7.11 Å². The predicted octanol–water partition coefficient (Wildman–Crippen LogP) is 1.72. The molecule has 0 aliphatic carbocycles. The van der Waals surface area contributed by atoms with E-state index in [2.05, 4.69) is 5.32 Å². The van der Waals surface area contributed by atoms with E-state index in [4.69, 9.17) is 4.74 Å². The Bertz CT molecular complexity index is 496. The van der Waals surface area contributed by atoms with Crippen molar-refractivity contribution in [3.63, 3.8) is 0 Å². The number of para-hydroxylation sites is 1. The lowest BCUT2D eigenvalue weighted by molar-refractivity contribution is -0.150. The molecule has 1 fully saturated rings. The zero-order valence-electron chi connectivity index (χ0n) is 12.6. The fraction of sp³-hybridized carbons (Fsp3) is 0.500. The van der Waals surface area contributed by atoms with Crippen LogP contribution in [0, 0.1) is 0 Å². The first-order valence-corrected chi connectivity index (χ1v) is 7.33. The SMILES string of the molecule is CCC(=O)N([13c]1[13cH][13cH][13cH][13cH][13cH]1)C1(C(=O)OC)CCNCC1. The van der Waals surface area contributed by atoms with Gasteiger partial charge in [0.1, 0.15) is 5.54 Å². The molecule has 0 radical (unpaired) electrons. The van der Waals surface area contributed by atoms with Crippen molar-refractivity contribution in [3.05, 3.63) is 30.3 Å². The van der Waals surface area contributed by atoms with Crippen LogP contribution in [0.3, 0.4) is 0 Å². The molecule has 1 saturated heterocycles. The van der Waals surface area contributed by atoms with Crippen LogP contribution in [-0.2, 0) is 14.3 Å². The van der Waals surface area contributed by atoms with E-state index in [-0.39, 0.29) is 11.9 Å². The molecule has 21 heavy (non-hydrogen) atoms. The summed E-state index contributed by atoms with van der Waals surface area (Å²) in [6.45, 7) is 3.19. The Morgan fingerprint density at radius 2 is 1.86 bits per heavy atom. The van der Waals surface area contributed by atoms with Crippen LogP contribution in [0.5, 0.6) is 0 Å². The van der Waals surface area contributed by atoms with Gasteiger partial charge in [-0.25, -0.2) is 4.79 Å². The molecule has 1 aromatic carbocycles. The van der Waals surface area contributed by atoms with Crippen molar-refractivity contribution >= 4 is 17.6 Å². The van der Waals surface area contributed by atoms with Gasteiger partial charge in [0, 0.05) is 12.1 Å². The molecule has 1 aliphatic heterocycles. The number of carbonyl (C=O) groups is 2. The zero-order valence-corrected chi connectivity index (χ0v) is 12.6. The third-order valence-electron chi connectivity index (χ3n) is 3.99. The third-order valence-corrected chi connectivity index (χ3v) is 3.99. The van der Waals surface area contributed by atoms with Gasteiger partial charge in [0.05, 0.1) is 7.11 Å². The summed E-state index contributed by atoms with van der Waals surface area (Å²) in [6, 6.07) is 9.36. The Labute approximate surface area is 125 Å². The summed E-state index contributed by atoms with van der Waals surface area (Å²) in [4.78, 5) is 26.7. The van der Waals surface area contributed by atoms with Crippen molar-refractivity contribution in [2.75, 3.05) is 25.1 Å². The van der Waals surface area contributed by atoms with E-state index in [0.29, 0.717) is 32.4 Å². The van der Waals surface area contributed by atoms with Gasteiger partial charge in [-0.1, -0.05) is 25.1 Å². The number of rotatable bonds is 4. The lowest BCUT2D eigenvalue weighted by atomic mass is 9.87.